The number of aliphatic hydroxyl groups excluding tert-OH is 1. The number of aliphatic hydroxyl groups is 1. The van der Waals surface area contributed by atoms with Gasteiger partial charge < -0.3 is 14.4 Å². The van der Waals surface area contributed by atoms with E-state index < -0.39 is 0 Å². The molecule has 1 amide bonds. The Morgan fingerprint density at radius 3 is 2.67 bits per heavy atom. The van der Waals surface area contributed by atoms with Crippen LogP contribution < -0.4 is 0 Å². The second-order valence-corrected chi connectivity index (χ2v) is 6.49. The average molecular weight is 328 g/mol. The number of oxazole rings is 1. The van der Waals surface area contributed by atoms with Gasteiger partial charge in [0, 0.05) is 19.0 Å². The quantitative estimate of drug-likeness (QED) is 0.884. The van der Waals surface area contributed by atoms with Crippen LogP contribution in [0.4, 0.5) is 0 Å². The molecule has 3 rings (SSSR count). The lowest BCUT2D eigenvalue weighted by molar-refractivity contribution is 0.0702. The minimum Gasteiger partial charge on any atom is -0.448 e. The van der Waals surface area contributed by atoms with Crippen LogP contribution in [0.1, 0.15) is 59.1 Å². The minimum absolute atomic E-state index is 0.0784. The number of hydrogen-bond acceptors (Lipinski definition) is 4. The summed E-state index contributed by atoms with van der Waals surface area (Å²) in [6, 6.07) is 8.04. The van der Waals surface area contributed by atoms with E-state index in [-0.39, 0.29) is 19.1 Å². The summed E-state index contributed by atoms with van der Waals surface area (Å²) in [5.41, 5.74) is 2.54. The van der Waals surface area contributed by atoms with Crippen LogP contribution in [0.25, 0.3) is 0 Å². The first-order chi connectivity index (χ1) is 11.7. The number of aryl methyl sites for hydroxylation is 1. The number of amides is 1. The van der Waals surface area contributed by atoms with Gasteiger partial charge in [0.15, 0.2) is 11.6 Å². The monoisotopic (exact) mass is 328 g/mol. The average Bonchev–Trinajstić information content (AvgIpc) is 3.27. The topological polar surface area (TPSA) is 66.6 Å². The van der Waals surface area contributed by atoms with Crippen molar-refractivity contribution in [1.29, 1.82) is 0 Å². The molecule has 0 aliphatic heterocycles. The lowest BCUT2D eigenvalue weighted by Gasteiger charge is -2.20. The third-order valence-electron chi connectivity index (χ3n) is 4.60. The molecule has 5 nitrogen and oxygen atoms in total. The maximum atomic E-state index is 12.7. The first-order valence-electron chi connectivity index (χ1n) is 8.58. The summed E-state index contributed by atoms with van der Waals surface area (Å²) in [5, 5.41) is 9.29. The van der Waals surface area contributed by atoms with Gasteiger partial charge in [0.25, 0.3) is 5.91 Å². The summed E-state index contributed by atoms with van der Waals surface area (Å²) in [6.45, 7) is 2.68. The van der Waals surface area contributed by atoms with Crippen LogP contribution in [0.2, 0.25) is 0 Å². The maximum absolute atomic E-state index is 12.7. The van der Waals surface area contributed by atoms with Gasteiger partial charge in [-0.1, -0.05) is 42.7 Å². The fraction of sp³-hybridized carbons (Fsp3) is 0.474. The highest BCUT2D eigenvalue weighted by molar-refractivity contribution is 5.92. The molecule has 0 spiro atoms. The highest BCUT2D eigenvalue weighted by atomic mass is 16.3. The molecule has 0 atom stereocenters. The van der Waals surface area contributed by atoms with E-state index in [0.29, 0.717) is 24.0 Å². The summed E-state index contributed by atoms with van der Waals surface area (Å²) in [5.74, 6) is 0.822. The zero-order valence-electron chi connectivity index (χ0n) is 14.1. The zero-order chi connectivity index (χ0) is 16.9. The Balaban J connectivity index is 1.72. The van der Waals surface area contributed by atoms with Crippen molar-refractivity contribution in [3.8, 4) is 0 Å². The fourth-order valence-electron chi connectivity index (χ4n) is 3.20. The molecule has 0 unspecified atom stereocenters. The van der Waals surface area contributed by atoms with E-state index in [9.17, 15) is 9.90 Å². The first-order valence-corrected chi connectivity index (χ1v) is 8.58. The molecule has 128 valence electrons. The van der Waals surface area contributed by atoms with E-state index in [0.717, 1.165) is 18.4 Å². The normalized spacial score (nSPS) is 14.9. The van der Waals surface area contributed by atoms with Gasteiger partial charge in [-0.3, -0.25) is 4.79 Å². The van der Waals surface area contributed by atoms with Crippen LogP contribution in [0, 0.1) is 6.92 Å². The maximum Gasteiger partial charge on any atom is 0.276 e. The van der Waals surface area contributed by atoms with Gasteiger partial charge in [0.05, 0.1) is 6.61 Å². The van der Waals surface area contributed by atoms with Crippen molar-refractivity contribution in [3.05, 3.63) is 53.2 Å². The van der Waals surface area contributed by atoms with Crippen molar-refractivity contribution in [2.75, 3.05) is 13.2 Å². The van der Waals surface area contributed by atoms with E-state index >= 15 is 0 Å². The van der Waals surface area contributed by atoms with Gasteiger partial charge in [-0.2, -0.15) is 0 Å². The van der Waals surface area contributed by atoms with E-state index in [4.69, 9.17) is 4.42 Å². The van der Waals surface area contributed by atoms with Crippen molar-refractivity contribution in [1.82, 2.24) is 9.88 Å². The van der Waals surface area contributed by atoms with Gasteiger partial charge in [-0.05, 0) is 25.3 Å². The molecule has 1 aliphatic rings. The largest absolute Gasteiger partial charge is 0.448 e. The van der Waals surface area contributed by atoms with Crippen LogP contribution in [0.15, 0.2) is 34.9 Å². The van der Waals surface area contributed by atoms with E-state index in [2.05, 4.69) is 4.98 Å². The number of benzene rings is 1. The van der Waals surface area contributed by atoms with E-state index in [1.165, 1.54) is 24.7 Å². The third-order valence-corrected chi connectivity index (χ3v) is 4.60. The molecule has 1 fully saturated rings. The molecule has 1 heterocycles. The molecule has 5 heteroatoms. The van der Waals surface area contributed by atoms with E-state index in [1.807, 2.05) is 31.2 Å². The van der Waals surface area contributed by atoms with Crippen LogP contribution >= 0.6 is 0 Å². The molecule has 0 bridgehead atoms. The Morgan fingerprint density at radius 2 is 2.00 bits per heavy atom. The minimum atomic E-state index is -0.197. The van der Waals surface area contributed by atoms with Gasteiger partial charge in [0.1, 0.15) is 6.26 Å². The van der Waals surface area contributed by atoms with Crippen molar-refractivity contribution in [3.63, 3.8) is 0 Å². The highest BCUT2D eigenvalue weighted by Crippen LogP contribution is 2.33. The first kappa shape index (κ1) is 16.7. The molecule has 24 heavy (non-hydrogen) atoms. The predicted molar refractivity (Wildman–Crippen MR) is 90.7 cm³/mol. The van der Waals surface area contributed by atoms with Crippen molar-refractivity contribution in [2.24, 2.45) is 0 Å². The molecule has 0 radical (unpaired) electrons. The molecule has 1 aromatic carbocycles. The summed E-state index contributed by atoms with van der Waals surface area (Å²) in [4.78, 5) is 18.8. The van der Waals surface area contributed by atoms with Crippen LogP contribution in [0.3, 0.4) is 0 Å². The lowest BCUT2D eigenvalue weighted by Crippen LogP contribution is -2.33. The number of aromatic nitrogens is 1. The molecular formula is C19H24N2O3. The Kier molecular flexibility index (Phi) is 5.30. The number of hydrogen-bond donors (Lipinski definition) is 1. The smallest absolute Gasteiger partial charge is 0.276 e. The lowest BCUT2D eigenvalue weighted by atomic mass is 10.1. The number of nitrogens with zero attached hydrogens (tertiary/aromatic N) is 2. The predicted octanol–water partition coefficient (Wildman–Crippen LogP) is 3.28. The van der Waals surface area contributed by atoms with Gasteiger partial charge in [0.2, 0.25) is 0 Å². The third kappa shape index (κ3) is 3.85. The second-order valence-electron chi connectivity index (χ2n) is 6.49. The Hall–Kier alpha value is -2.14. The molecule has 0 saturated heterocycles. The highest BCUT2D eigenvalue weighted by Gasteiger charge is 2.25. The van der Waals surface area contributed by atoms with Crippen LogP contribution in [-0.2, 0) is 6.54 Å². The fourth-order valence-corrected chi connectivity index (χ4v) is 3.20. The number of carbonyl (C=O) groups is 1. The van der Waals surface area contributed by atoms with E-state index in [1.54, 1.807) is 4.90 Å². The van der Waals surface area contributed by atoms with Crippen molar-refractivity contribution >= 4 is 5.91 Å². The van der Waals surface area contributed by atoms with Crippen molar-refractivity contribution < 1.29 is 14.3 Å². The molecule has 1 N–H and O–H groups in total. The zero-order valence-corrected chi connectivity index (χ0v) is 14.1. The van der Waals surface area contributed by atoms with Crippen LogP contribution in [0.5, 0.6) is 0 Å². The number of rotatable bonds is 6. The summed E-state index contributed by atoms with van der Waals surface area (Å²) in [7, 11) is 0. The molecule has 1 saturated carbocycles. The molecule has 1 aliphatic carbocycles. The summed E-state index contributed by atoms with van der Waals surface area (Å²) >= 11 is 0. The molecule has 1 aromatic heterocycles. The Morgan fingerprint density at radius 1 is 1.29 bits per heavy atom. The summed E-state index contributed by atoms with van der Waals surface area (Å²) in [6.07, 6.45) is 6.01. The number of carbonyl (C=O) groups excluding carboxylic acids is 1. The summed E-state index contributed by atoms with van der Waals surface area (Å²) < 4.78 is 5.54. The van der Waals surface area contributed by atoms with Crippen LogP contribution in [-0.4, -0.2) is 34.0 Å². The van der Waals surface area contributed by atoms with Gasteiger partial charge in [-0.15, -0.1) is 0 Å². The Labute approximate surface area is 142 Å². The SMILES string of the molecule is Cc1ccc(CN(CCO)C(=O)c2coc(C3CCCC3)n2)cc1. The second kappa shape index (κ2) is 7.62. The Bertz CT molecular complexity index is 672. The molecule has 2 aromatic rings. The standard InChI is InChI=1S/C19H24N2O3/c1-14-6-8-15(9-7-14)12-21(10-11-22)19(23)17-13-24-18(20-17)16-4-2-3-5-16/h6-9,13,16,22H,2-5,10-12H2,1H3. The van der Waals surface area contributed by atoms with Crippen molar-refractivity contribution in [2.45, 2.75) is 45.1 Å². The molecular weight excluding hydrogens is 304 g/mol. The van der Waals surface area contributed by atoms with Gasteiger partial charge >= 0.3 is 0 Å². The van der Waals surface area contributed by atoms with Gasteiger partial charge in [-0.25, -0.2) is 4.98 Å².